The minimum atomic E-state index is -3.66. The third kappa shape index (κ3) is 6.24. The smallest absolute Gasteiger partial charge is 0.242 e. The zero-order valence-electron chi connectivity index (χ0n) is 18.0. The number of nitrogens with zero attached hydrogens (tertiary/aromatic N) is 1. The van der Waals surface area contributed by atoms with Crippen molar-refractivity contribution in [3.63, 3.8) is 0 Å². The maximum Gasteiger partial charge on any atom is 0.242 e. The molecule has 30 heavy (non-hydrogen) atoms. The lowest BCUT2D eigenvalue weighted by Gasteiger charge is -2.17. The second-order valence-electron chi connectivity index (χ2n) is 7.49. The molecule has 2 aromatic carbocycles. The van der Waals surface area contributed by atoms with Gasteiger partial charge in [-0.3, -0.25) is 9.59 Å². The maximum absolute atomic E-state index is 12.6. The fourth-order valence-corrected chi connectivity index (χ4v) is 4.19. The van der Waals surface area contributed by atoms with Crippen molar-refractivity contribution in [1.29, 1.82) is 0 Å². The van der Waals surface area contributed by atoms with Gasteiger partial charge in [-0.25, -0.2) is 12.7 Å². The van der Waals surface area contributed by atoms with Gasteiger partial charge in [0.1, 0.15) is 0 Å². The van der Waals surface area contributed by atoms with Gasteiger partial charge in [0.15, 0.2) is 5.78 Å². The molecule has 1 amide bonds. The van der Waals surface area contributed by atoms with Crippen LogP contribution in [0.3, 0.4) is 0 Å². The molecular weight excluding hydrogens is 400 g/mol. The van der Waals surface area contributed by atoms with Crippen LogP contribution < -0.4 is 5.32 Å². The molecule has 2 rings (SSSR count). The van der Waals surface area contributed by atoms with Crippen LogP contribution in [0.1, 0.15) is 61.9 Å². The summed E-state index contributed by atoms with van der Waals surface area (Å²) in [6.45, 7) is 5.95. The number of hydrogen-bond acceptors (Lipinski definition) is 4. The first-order chi connectivity index (χ1) is 14.1. The molecule has 0 spiro atoms. The van der Waals surface area contributed by atoms with E-state index in [2.05, 4.69) is 19.2 Å². The summed E-state index contributed by atoms with van der Waals surface area (Å²) in [5.74, 6) is 0.210. The average molecular weight is 431 g/mol. The van der Waals surface area contributed by atoms with Crippen molar-refractivity contribution in [2.75, 3.05) is 18.9 Å². The maximum atomic E-state index is 12.6. The molecule has 2 aromatic rings. The topological polar surface area (TPSA) is 83.6 Å². The van der Waals surface area contributed by atoms with E-state index < -0.39 is 10.0 Å². The average Bonchev–Trinajstić information content (AvgIpc) is 2.73. The number of anilines is 1. The van der Waals surface area contributed by atoms with E-state index in [9.17, 15) is 18.0 Å². The highest BCUT2D eigenvalue weighted by molar-refractivity contribution is 7.89. The van der Waals surface area contributed by atoms with E-state index in [0.29, 0.717) is 17.9 Å². The summed E-state index contributed by atoms with van der Waals surface area (Å²) >= 11 is 0. The van der Waals surface area contributed by atoms with E-state index in [1.54, 1.807) is 0 Å². The molecule has 7 heteroatoms. The Balaban J connectivity index is 1.86. The third-order valence-electron chi connectivity index (χ3n) is 5.22. The van der Waals surface area contributed by atoms with E-state index in [-0.39, 0.29) is 29.6 Å². The lowest BCUT2D eigenvalue weighted by Crippen LogP contribution is -2.28. The molecule has 0 saturated heterocycles. The molecule has 1 atom stereocenters. The van der Waals surface area contributed by atoms with Crippen molar-refractivity contribution in [2.24, 2.45) is 0 Å². The fourth-order valence-electron chi connectivity index (χ4n) is 2.98. The molecule has 0 bridgehead atoms. The number of benzene rings is 2. The predicted molar refractivity (Wildman–Crippen MR) is 119 cm³/mol. The van der Waals surface area contributed by atoms with Crippen LogP contribution in [-0.4, -0.2) is 38.0 Å². The van der Waals surface area contributed by atoms with E-state index in [4.69, 9.17) is 0 Å². The van der Waals surface area contributed by atoms with Gasteiger partial charge in [-0.05, 0) is 55.5 Å². The van der Waals surface area contributed by atoms with Crippen molar-refractivity contribution >= 4 is 27.4 Å². The van der Waals surface area contributed by atoms with Gasteiger partial charge in [-0.1, -0.05) is 38.1 Å². The Labute approximate surface area is 179 Å². The standard InChI is InChI=1S/C23H30N2O4S/c1-5-17(2)19-8-12-21(13-9-19)24-23(27)7-6-16-25(4)30(28,29)22-14-10-20(11-15-22)18(3)26/h8-15,17H,5-7,16H2,1-4H3,(H,24,27). The number of carbonyl (C=O) groups is 2. The molecule has 0 heterocycles. The van der Waals surface area contributed by atoms with Gasteiger partial charge in [-0.2, -0.15) is 0 Å². The normalized spacial score (nSPS) is 12.6. The summed E-state index contributed by atoms with van der Waals surface area (Å²) in [7, 11) is -2.18. The summed E-state index contributed by atoms with van der Waals surface area (Å²) in [5, 5.41) is 2.85. The number of ketones is 1. The van der Waals surface area contributed by atoms with Gasteiger partial charge in [0.2, 0.25) is 15.9 Å². The van der Waals surface area contributed by atoms with Crippen molar-refractivity contribution in [1.82, 2.24) is 4.31 Å². The first kappa shape index (κ1) is 23.8. The lowest BCUT2D eigenvalue weighted by molar-refractivity contribution is -0.116. The van der Waals surface area contributed by atoms with Gasteiger partial charge >= 0.3 is 0 Å². The van der Waals surface area contributed by atoms with Gasteiger partial charge in [-0.15, -0.1) is 0 Å². The van der Waals surface area contributed by atoms with Crippen LogP contribution in [0.2, 0.25) is 0 Å². The monoisotopic (exact) mass is 430 g/mol. The van der Waals surface area contributed by atoms with Crippen LogP contribution in [0.15, 0.2) is 53.4 Å². The highest BCUT2D eigenvalue weighted by Gasteiger charge is 2.20. The van der Waals surface area contributed by atoms with Gasteiger partial charge < -0.3 is 5.32 Å². The Morgan fingerprint density at radius 2 is 1.63 bits per heavy atom. The molecule has 0 aliphatic rings. The minimum Gasteiger partial charge on any atom is -0.326 e. The Bertz CT molecular complexity index is 967. The van der Waals surface area contributed by atoms with Crippen LogP contribution in [0, 0.1) is 0 Å². The second-order valence-corrected chi connectivity index (χ2v) is 9.54. The Kier molecular flexibility index (Phi) is 8.32. The summed E-state index contributed by atoms with van der Waals surface area (Å²) < 4.78 is 26.5. The van der Waals surface area contributed by atoms with Crippen LogP contribution in [0.5, 0.6) is 0 Å². The number of rotatable bonds is 10. The molecule has 6 nitrogen and oxygen atoms in total. The number of sulfonamides is 1. The van der Waals surface area contributed by atoms with Gasteiger partial charge in [0.05, 0.1) is 4.90 Å². The molecule has 1 unspecified atom stereocenters. The molecule has 0 aliphatic heterocycles. The molecular formula is C23H30N2O4S. The number of hydrogen-bond donors (Lipinski definition) is 1. The van der Waals surface area contributed by atoms with Crippen LogP contribution in [-0.2, 0) is 14.8 Å². The summed E-state index contributed by atoms with van der Waals surface area (Å²) in [4.78, 5) is 23.6. The van der Waals surface area contributed by atoms with Crippen LogP contribution in [0.4, 0.5) is 5.69 Å². The Morgan fingerprint density at radius 3 is 2.17 bits per heavy atom. The van der Waals surface area contributed by atoms with Crippen LogP contribution in [0.25, 0.3) is 0 Å². The van der Waals surface area contributed by atoms with E-state index >= 15 is 0 Å². The Morgan fingerprint density at radius 1 is 1.03 bits per heavy atom. The van der Waals surface area contributed by atoms with Gasteiger partial charge in [0.25, 0.3) is 0 Å². The Hall–Kier alpha value is -2.51. The summed E-state index contributed by atoms with van der Waals surface area (Å²) in [6, 6.07) is 13.7. The zero-order chi connectivity index (χ0) is 22.3. The first-order valence-electron chi connectivity index (χ1n) is 10.1. The van der Waals surface area contributed by atoms with Crippen molar-refractivity contribution in [2.45, 2.75) is 50.8 Å². The quantitative estimate of drug-likeness (QED) is 0.565. The number of Topliss-reactive ketones (excluding diaryl/α,β-unsaturated/α-hetero) is 1. The van der Waals surface area contributed by atoms with Gasteiger partial charge in [0, 0.05) is 31.3 Å². The number of amides is 1. The predicted octanol–water partition coefficient (Wildman–Crippen LogP) is 4.44. The van der Waals surface area contributed by atoms with E-state index in [1.165, 1.54) is 48.1 Å². The second kappa shape index (κ2) is 10.5. The first-order valence-corrected chi connectivity index (χ1v) is 11.6. The van der Waals surface area contributed by atoms with Crippen molar-refractivity contribution in [3.05, 3.63) is 59.7 Å². The highest BCUT2D eigenvalue weighted by Crippen LogP contribution is 2.21. The molecule has 0 aromatic heterocycles. The molecule has 0 fully saturated rings. The molecule has 162 valence electrons. The zero-order valence-corrected chi connectivity index (χ0v) is 18.8. The fraction of sp³-hybridized carbons (Fsp3) is 0.391. The van der Waals surface area contributed by atoms with Crippen LogP contribution >= 0.6 is 0 Å². The summed E-state index contributed by atoms with van der Waals surface area (Å²) in [6.07, 6.45) is 1.68. The molecule has 0 aliphatic carbocycles. The largest absolute Gasteiger partial charge is 0.326 e. The lowest BCUT2D eigenvalue weighted by atomic mass is 9.99. The molecule has 0 radical (unpaired) electrons. The summed E-state index contributed by atoms with van der Waals surface area (Å²) in [5.41, 5.74) is 2.43. The van der Waals surface area contributed by atoms with E-state index in [1.807, 2.05) is 24.3 Å². The van der Waals surface area contributed by atoms with E-state index in [0.717, 1.165) is 12.1 Å². The SMILES string of the molecule is CCC(C)c1ccc(NC(=O)CCCN(C)S(=O)(=O)c2ccc(C(C)=O)cc2)cc1. The van der Waals surface area contributed by atoms with Crippen molar-refractivity contribution < 1.29 is 18.0 Å². The number of nitrogens with one attached hydrogen (secondary N) is 1. The highest BCUT2D eigenvalue weighted by atomic mass is 32.2. The molecule has 0 saturated carbocycles. The third-order valence-corrected chi connectivity index (χ3v) is 7.09. The minimum absolute atomic E-state index is 0.118. The van der Waals surface area contributed by atoms with Crippen molar-refractivity contribution in [3.8, 4) is 0 Å². The number of carbonyl (C=O) groups excluding carboxylic acids is 2. The molecule has 1 N–H and O–H groups in total.